The van der Waals surface area contributed by atoms with Crippen molar-refractivity contribution >= 4 is 29.6 Å². The van der Waals surface area contributed by atoms with E-state index in [1.807, 2.05) is 6.92 Å². The number of Topliss-reactive ketones (excluding diaryl/α,β-unsaturated/α-hetero) is 1. The molecule has 0 aromatic heterocycles. The zero-order chi connectivity index (χ0) is 30.4. The predicted octanol–water partition coefficient (Wildman–Crippen LogP) is 4.35. The minimum Gasteiger partial charge on any atom is -0.444 e. The van der Waals surface area contributed by atoms with E-state index < -0.39 is 47.8 Å². The maximum Gasteiger partial charge on any atom is 0.408 e. The van der Waals surface area contributed by atoms with Crippen molar-refractivity contribution in [2.24, 2.45) is 5.92 Å². The monoisotopic (exact) mass is 556 g/mol. The summed E-state index contributed by atoms with van der Waals surface area (Å²) in [4.78, 5) is 61.1. The van der Waals surface area contributed by atoms with Crippen LogP contribution in [0.1, 0.15) is 114 Å². The highest BCUT2D eigenvalue weighted by Crippen LogP contribution is 2.24. The molecule has 1 aliphatic rings. The average Bonchev–Trinajstić information content (AvgIpc) is 3.25. The molecule has 3 N–H and O–H groups in total. The van der Waals surface area contributed by atoms with Crippen molar-refractivity contribution in [3.8, 4) is 0 Å². The van der Waals surface area contributed by atoms with Gasteiger partial charge in [-0.3, -0.25) is 19.2 Å². The molecule has 10 heteroatoms. The number of carbonyl (C=O) groups excluding carboxylic acids is 5. The summed E-state index contributed by atoms with van der Waals surface area (Å²) in [6, 6.07) is -0.769. The number of likely N-dealkylation sites (N-methyl/N-ethyl adjacent to an activating group) is 1. The van der Waals surface area contributed by atoms with Gasteiger partial charge < -0.3 is 25.6 Å². The van der Waals surface area contributed by atoms with E-state index in [0.29, 0.717) is 19.5 Å². The number of hydrogen-bond acceptors (Lipinski definition) is 6. The van der Waals surface area contributed by atoms with Gasteiger partial charge in [0.2, 0.25) is 17.6 Å². The lowest BCUT2D eigenvalue weighted by atomic mass is 10.0. The van der Waals surface area contributed by atoms with Gasteiger partial charge in [0.1, 0.15) is 18.2 Å². The van der Waals surface area contributed by atoms with Gasteiger partial charge in [0.15, 0.2) is 0 Å². The highest BCUT2D eigenvalue weighted by Gasteiger charge is 2.39. The molecule has 0 aliphatic carbocycles. The van der Waals surface area contributed by atoms with Gasteiger partial charge in [-0.1, -0.05) is 79.6 Å². The Morgan fingerprint density at radius 3 is 1.82 bits per heavy atom. The van der Waals surface area contributed by atoms with Crippen LogP contribution >= 0.6 is 0 Å². The summed E-state index contributed by atoms with van der Waals surface area (Å²) in [7, 11) is 0. The van der Waals surface area contributed by atoms with Crippen molar-refractivity contribution < 1.29 is 28.7 Å². The van der Waals surface area contributed by atoms with E-state index in [4.69, 9.17) is 4.74 Å². The molecule has 1 rings (SSSR count). The number of alkyl carbamates (subject to hydrolysis) is 1. The Balaban J connectivity index is 0. The minimum atomic E-state index is -0.769. The number of likely N-dealkylation sites (tertiary alicyclic amines) is 1. The standard InChI is InChI=1S/C18H30N4O6.C8H18.C3H8/c1-6-19-15(25)12(23)9-20-16(26)14-11(2)7-8-22(14)13(24)10-21-17(27)28-18(3,4)5;1-3-5-7-8-6-4-2;1-3-2/h11,14H,6-10H2,1-5H3,(H,19,25)(H,20,26)(H,21,27);3-8H2,1-2H3;3H2,1-2H3. The lowest BCUT2D eigenvalue weighted by Crippen LogP contribution is -2.52. The molecule has 0 aromatic rings. The number of nitrogens with zero attached hydrogens (tertiary/aromatic N) is 1. The first-order valence-electron chi connectivity index (χ1n) is 14.6. The van der Waals surface area contributed by atoms with Crippen molar-refractivity contribution in [1.82, 2.24) is 20.9 Å². The van der Waals surface area contributed by atoms with Crippen molar-refractivity contribution in [3.05, 3.63) is 0 Å². The van der Waals surface area contributed by atoms with Crippen LogP contribution in [-0.4, -0.2) is 72.3 Å². The largest absolute Gasteiger partial charge is 0.444 e. The lowest BCUT2D eigenvalue weighted by Gasteiger charge is -2.26. The summed E-state index contributed by atoms with van der Waals surface area (Å²) in [6.45, 7) is 17.3. The zero-order valence-corrected chi connectivity index (χ0v) is 26.0. The molecule has 1 heterocycles. The molecule has 0 saturated carbocycles. The van der Waals surface area contributed by atoms with Crippen LogP contribution in [0.25, 0.3) is 0 Å². The van der Waals surface area contributed by atoms with Crippen molar-refractivity contribution in [3.63, 3.8) is 0 Å². The number of carbonyl (C=O) groups is 5. The first-order chi connectivity index (χ1) is 18.3. The Hall–Kier alpha value is -2.65. The third-order valence-electron chi connectivity index (χ3n) is 5.54. The van der Waals surface area contributed by atoms with Gasteiger partial charge in [0.05, 0.1) is 6.54 Å². The first kappa shape index (κ1) is 38.5. The van der Waals surface area contributed by atoms with E-state index in [0.717, 1.165) is 0 Å². The summed E-state index contributed by atoms with van der Waals surface area (Å²) in [5.41, 5.74) is -0.686. The number of amides is 4. The van der Waals surface area contributed by atoms with Crippen LogP contribution in [0.3, 0.4) is 0 Å². The summed E-state index contributed by atoms with van der Waals surface area (Å²) in [5.74, 6) is -2.58. The third kappa shape index (κ3) is 19.1. The second-order valence-corrected chi connectivity index (χ2v) is 10.8. The molecule has 0 aromatic carbocycles. The lowest BCUT2D eigenvalue weighted by molar-refractivity contribution is -0.140. The first-order valence-corrected chi connectivity index (χ1v) is 14.6. The van der Waals surface area contributed by atoms with Gasteiger partial charge in [-0.2, -0.15) is 0 Å². The third-order valence-corrected chi connectivity index (χ3v) is 5.54. The summed E-state index contributed by atoms with van der Waals surface area (Å²) < 4.78 is 5.08. The molecule has 0 spiro atoms. The number of ketones is 1. The second-order valence-electron chi connectivity index (χ2n) is 10.8. The molecule has 39 heavy (non-hydrogen) atoms. The molecule has 1 saturated heterocycles. The summed E-state index contributed by atoms with van der Waals surface area (Å²) in [5, 5.41) is 7.16. The van der Waals surface area contributed by atoms with Crippen LogP contribution in [0.2, 0.25) is 0 Å². The van der Waals surface area contributed by atoms with E-state index in [2.05, 4.69) is 43.6 Å². The number of rotatable bonds is 12. The fraction of sp³-hybridized carbons (Fsp3) is 0.828. The molecule has 1 aliphatic heterocycles. The number of unbranched alkanes of at least 4 members (excludes halogenated alkanes) is 5. The Kier molecular flexibility index (Phi) is 21.9. The summed E-state index contributed by atoms with van der Waals surface area (Å²) >= 11 is 0. The number of hydrogen-bond donors (Lipinski definition) is 3. The predicted molar refractivity (Wildman–Crippen MR) is 155 cm³/mol. The van der Waals surface area contributed by atoms with E-state index in [-0.39, 0.29) is 12.5 Å². The molecule has 2 unspecified atom stereocenters. The molecular weight excluding hydrogens is 500 g/mol. The summed E-state index contributed by atoms with van der Waals surface area (Å²) in [6.07, 6.45) is 9.63. The van der Waals surface area contributed by atoms with Gasteiger partial charge in [-0.15, -0.1) is 0 Å². The van der Waals surface area contributed by atoms with Gasteiger partial charge >= 0.3 is 6.09 Å². The van der Waals surface area contributed by atoms with Crippen LogP contribution in [0.4, 0.5) is 4.79 Å². The highest BCUT2D eigenvalue weighted by atomic mass is 16.6. The van der Waals surface area contributed by atoms with Crippen molar-refractivity contribution in [2.75, 3.05) is 26.2 Å². The Morgan fingerprint density at radius 1 is 0.821 bits per heavy atom. The van der Waals surface area contributed by atoms with Gasteiger partial charge in [-0.25, -0.2) is 4.79 Å². The zero-order valence-electron chi connectivity index (χ0n) is 26.0. The van der Waals surface area contributed by atoms with Crippen molar-refractivity contribution in [2.45, 2.75) is 125 Å². The minimum absolute atomic E-state index is 0.120. The van der Waals surface area contributed by atoms with E-state index in [1.165, 1.54) is 49.8 Å². The molecule has 4 amide bonds. The fourth-order valence-corrected chi connectivity index (χ4v) is 3.66. The second kappa shape index (κ2) is 22.2. The highest BCUT2D eigenvalue weighted by molar-refractivity contribution is 6.37. The SMILES string of the molecule is CCC.CCCCCCCC.CCNC(=O)C(=O)CNC(=O)C1C(C)CCN1C(=O)CNC(=O)OC(C)(C)C. The van der Waals surface area contributed by atoms with Crippen LogP contribution in [0.5, 0.6) is 0 Å². The fourth-order valence-electron chi connectivity index (χ4n) is 3.66. The topological polar surface area (TPSA) is 134 Å². The smallest absolute Gasteiger partial charge is 0.408 e. The van der Waals surface area contributed by atoms with Gasteiger partial charge in [-0.05, 0) is 40.0 Å². The number of nitrogens with one attached hydrogen (secondary N) is 3. The van der Waals surface area contributed by atoms with E-state index in [1.54, 1.807) is 27.7 Å². The van der Waals surface area contributed by atoms with E-state index >= 15 is 0 Å². The Morgan fingerprint density at radius 2 is 1.36 bits per heavy atom. The maximum atomic E-state index is 12.5. The van der Waals surface area contributed by atoms with Gasteiger partial charge in [0.25, 0.3) is 5.91 Å². The van der Waals surface area contributed by atoms with Crippen LogP contribution < -0.4 is 16.0 Å². The molecule has 0 radical (unpaired) electrons. The van der Waals surface area contributed by atoms with Gasteiger partial charge in [0, 0.05) is 13.1 Å². The van der Waals surface area contributed by atoms with Crippen molar-refractivity contribution in [1.29, 1.82) is 0 Å². The molecule has 2 atom stereocenters. The van der Waals surface area contributed by atoms with Crippen LogP contribution in [0, 0.1) is 5.92 Å². The maximum absolute atomic E-state index is 12.5. The van der Waals surface area contributed by atoms with Crippen LogP contribution in [-0.2, 0) is 23.9 Å². The Labute approximate surface area is 236 Å². The average molecular weight is 557 g/mol. The number of ether oxygens (including phenoxy) is 1. The molecule has 0 bridgehead atoms. The molecule has 228 valence electrons. The normalized spacial score (nSPS) is 16.1. The quantitative estimate of drug-likeness (QED) is 0.242. The molecule has 10 nitrogen and oxygen atoms in total. The molecule has 1 fully saturated rings. The van der Waals surface area contributed by atoms with Crippen LogP contribution in [0.15, 0.2) is 0 Å². The Bertz CT molecular complexity index is 730. The van der Waals surface area contributed by atoms with E-state index in [9.17, 15) is 24.0 Å². The molecular formula is C29H56N4O6.